The van der Waals surface area contributed by atoms with Gasteiger partial charge < -0.3 is 19.1 Å². The Morgan fingerprint density at radius 3 is 2.96 bits per heavy atom. The molecule has 0 bridgehead atoms. The number of rotatable bonds is 7. The topological polar surface area (TPSA) is 99.3 Å². The molecule has 0 unspecified atom stereocenters. The smallest absolute Gasteiger partial charge is 0.259 e. The van der Waals surface area contributed by atoms with E-state index in [9.17, 15) is 9.59 Å². The number of nitrogens with one attached hydrogen (secondary N) is 1. The van der Waals surface area contributed by atoms with Crippen molar-refractivity contribution in [3.05, 3.63) is 63.2 Å². The van der Waals surface area contributed by atoms with Crippen molar-refractivity contribution in [2.45, 2.75) is 13.0 Å². The van der Waals surface area contributed by atoms with Crippen LogP contribution in [0, 0.1) is 0 Å². The number of nitrogens with zero attached hydrogens (tertiary/aromatic N) is 3. The molecule has 0 atom stereocenters. The summed E-state index contributed by atoms with van der Waals surface area (Å²) >= 11 is 3.35. The van der Waals surface area contributed by atoms with Gasteiger partial charge in [0.15, 0.2) is 5.82 Å². The lowest BCUT2D eigenvalue weighted by Crippen LogP contribution is -2.26. The molecule has 0 aliphatic rings. The molecule has 8 nitrogen and oxygen atoms in total. The molecule has 2 aromatic heterocycles. The number of anilines is 1. The quantitative estimate of drug-likeness (QED) is 0.615. The van der Waals surface area contributed by atoms with E-state index in [2.05, 4.69) is 31.4 Å². The van der Waals surface area contributed by atoms with Gasteiger partial charge in [0.25, 0.3) is 11.4 Å². The normalized spacial score (nSPS) is 10.7. The van der Waals surface area contributed by atoms with Gasteiger partial charge in [-0.15, -0.1) is 0 Å². The van der Waals surface area contributed by atoms with Gasteiger partial charge in [0.2, 0.25) is 5.91 Å². The molecule has 0 fully saturated rings. The highest BCUT2D eigenvalue weighted by molar-refractivity contribution is 9.10. The molecule has 0 saturated carbocycles. The van der Waals surface area contributed by atoms with E-state index in [-0.39, 0.29) is 23.9 Å². The van der Waals surface area contributed by atoms with Gasteiger partial charge in [-0.2, -0.15) is 4.98 Å². The molecule has 0 radical (unpaired) electrons. The van der Waals surface area contributed by atoms with Gasteiger partial charge in [0.1, 0.15) is 6.54 Å². The van der Waals surface area contributed by atoms with Crippen molar-refractivity contribution in [2.75, 3.05) is 19.0 Å². The molecule has 27 heavy (non-hydrogen) atoms. The van der Waals surface area contributed by atoms with Crippen molar-refractivity contribution < 1.29 is 14.1 Å². The standard InChI is InChI=1S/C18H17BrN4O4/c1-26-8-7-15-21-18(27-22-15)12-5-6-17(25)23(10-12)11-16(24)20-14-4-2-3-13(19)9-14/h2-6,9-10H,7-8,11H2,1H3,(H,20,24). The minimum atomic E-state index is -0.321. The third-order valence-corrected chi connectivity index (χ3v) is 4.14. The number of hydrogen-bond donors (Lipinski definition) is 1. The van der Waals surface area contributed by atoms with Gasteiger partial charge in [-0.25, -0.2) is 0 Å². The number of aromatic nitrogens is 3. The van der Waals surface area contributed by atoms with Crippen LogP contribution in [0.1, 0.15) is 5.82 Å². The number of hydrogen-bond acceptors (Lipinski definition) is 6. The van der Waals surface area contributed by atoms with Crippen LogP contribution in [0.5, 0.6) is 0 Å². The molecule has 0 aliphatic carbocycles. The third kappa shape index (κ3) is 5.11. The number of methoxy groups -OCH3 is 1. The zero-order valence-corrected chi connectivity index (χ0v) is 16.1. The highest BCUT2D eigenvalue weighted by Gasteiger charge is 2.12. The van der Waals surface area contributed by atoms with Crippen LogP contribution >= 0.6 is 15.9 Å². The average Bonchev–Trinajstić information content (AvgIpc) is 3.10. The van der Waals surface area contributed by atoms with E-state index in [1.54, 1.807) is 25.3 Å². The predicted octanol–water partition coefficient (Wildman–Crippen LogP) is 2.49. The maximum absolute atomic E-state index is 12.3. The average molecular weight is 433 g/mol. The van der Waals surface area contributed by atoms with Crippen molar-refractivity contribution in [1.29, 1.82) is 0 Å². The molecule has 1 aromatic carbocycles. The van der Waals surface area contributed by atoms with Gasteiger partial charge in [0, 0.05) is 36.0 Å². The van der Waals surface area contributed by atoms with E-state index in [4.69, 9.17) is 9.26 Å². The molecule has 1 amide bonds. The van der Waals surface area contributed by atoms with Crippen LogP contribution < -0.4 is 10.9 Å². The van der Waals surface area contributed by atoms with E-state index in [0.717, 1.165) is 4.47 Å². The Morgan fingerprint density at radius 2 is 2.19 bits per heavy atom. The molecule has 140 valence electrons. The Labute approximate surface area is 163 Å². The van der Waals surface area contributed by atoms with Gasteiger partial charge in [0.05, 0.1) is 12.2 Å². The molecule has 3 aromatic rings. The first-order valence-electron chi connectivity index (χ1n) is 8.13. The first kappa shape index (κ1) is 19.0. The Hall–Kier alpha value is -2.78. The fraction of sp³-hybridized carbons (Fsp3) is 0.222. The van der Waals surface area contributed by atoms with Crippen molar-refractivity contribution in [3.8, 4) is 11.5 Å². The fourth-order valence-corrected chi connectivity index (χ4v) is 2.77. The monoisotopic (exact) mass is 432 g/mol. The van der Waals surface area contributed by atoms with E-state index >= 15 is 0 Å². The SMILES string of the molecule is COCCc1noc(-c2ccc(=O)n(CC(=O)Nc3cccc(Br)c3)c2)n1. The summed E-state index contributed by atoms with van der Waals surface area (Å²) in [5.41, 5.74) is 0.890. The van der Waals surface area contributed by atoms with Crippen LogP contribution in [0.25, 0.3) is 11.5 Å². The van der Waals surface area contributed by atoms with Crippen LogP contribution in [0.4, 0.5) is 5.69 Å². The summed E-state index contributed by atoms with van der Waals surface area (Å²) in [6.07, 6.45) is 2.05. The molecule has 0 spiro atoms. The summed E-state index contributed by atoms with van der Waals surface area (Å²) in [6.45, 7) is 0.345. The number of benzene rings is 1. The van der Waals surface area contributed by atoms with Gasteiger partial charge in [-0.3, -0.25) is 9.59 Å². The molecular formula is C18H17BrN4O4. The maximum Gasteiger partial charge on any atom is 0.259 e. The fourth-order valence-electron chi connectivity index (χ4n) is 2.37. The highest BCUT2D eigenvalue weighted by atomic mass is 79.9. The lowest BCUT2D eigenvalue weighted by atomic mass is 10.2. The number of carbonyl (C=O) groups excluding carboxylic acids is 1. The summed E-state index contributed by atoms with van der Waals surface area (Å²) < 4.78 is 12.3. The summed E-state index contributed by atoms with van der Waals surface area (Å²) in [4.78, 5) is 28.6. The maximum atomic E-state index is 12.3. The minimum absolute atomic E-state index is 0.135. The van der Waals surface area contributed by atoms with Gasteiger partial charge in [-0.05, 0) is 24.3 Å². The van der Waals surface area contributed by atoms with Crippen molar-refractivity contribution in [2.24, 2.45) is 0 Å². The minimum Gasteiger partial charge on any atom is -0.384 e. The van der Waals surface area contributed by atoms with Crippen LogP contribution in [-0.4, -0.2) is 34.3 Å². The van der Waals surface area contributed by atoms with Crippen LogP contribution in [0.15, 0.2) is 56.4 Å². The van der Waals surface area contributed by atoms with Crippen molar-refractivity contribution in [3.63, 3.8) is 0 Å². The number of ether oxygens (including phenoxy) is 1. The Balaban J connectivity index is 1.74. The molecule has 0 saturated heterocycles. The Morgan fingerprint density at radius 1 is 1.33 bits per heavy atom. The largest absolute Gasteiger partial charge is 0.384 e. The second kappa shape index (κ2) is 8.74. The van der Waals surface area contributed by atoms with Gasteiger partial charge >= 0.3 is 0 Å². The first-order valence-corrected chi connectivity index (χ1v) is 8.92. The lowest BCUT2D eigenvalue weighted by Gasteiger charge is -2.08. The first-order chi connectivity index (χ1) is 13.0. The van der Waals surface area contributed by atoms with E-state index in [1.165, 1.54) is 16.8 Å². The number of halogens is 1. The summed E-state index contributed by atoms with van der Waals surface area (Å²) in [6, 6.07) is 10.1. The number of carbonyl (C=O) groups is 1. The Bertz CT molecular complexity index is 999. The molecule has 0 aliphatic heterocycles. The third-order valence-electron chi connectivity index (χ3n) is 3.65. The molecule has 9 heteroatoms. The lowest BCUT2D eigenvalue weighted by molar-refractivity contribution is -0.116. The number of amides is 1. The van der Waals surface area contributed by atoms with Crippen LogP contribution in [0.3, 0.4) is 0 Å². The van der Waals surface area contributed by atoms with Crippen LogP contribution in [-0.2, 0) is 22.5 Å². The molecule has 3 rings (SSSR count). The van der Waals surface area contributed by atoms with E-state index in [1.807, 2.05) is 12.1 Å². The summed E-state index contributed by atoms with van der Waals surface area (Å²) in [5, 5.41) is 6.62. The van der Waals surface area contributed by atoms with Gasteiger partial charge in [-0.1, -0.05) is 27.2 Å². The summed E-state index contributed by atoms with van der Waals surface area (Å²) in [5.74, 6) is 0.470. The van der Waals surface area contributed by atoms with Crippen LogP contribution in [0.2, 0.25) is 0 Å². The molecule has 2 heterocycles. The zero-order chi connectivity index (χ0) is 19.2. The van der Waals surface area contributed by atoms with E-state index < -0.39 is 0 Å². The molecular weight excluding hydrogens is 416 g/mol. The zero-order valence-electron chi connectivity index (χ0n) is 14.5. The van der Waals surface area contributed by atoms with Crippen molar-refractivity contribution in [1.82, 2.24) is 14.7 Å². The second-order valence-electron chi connectivity index (χ2n) is 5.70. The van der Waals surface area contributed by atoms with Crippen molar-refractivity contribution >= 4 is 27.5 Å². The Kier molecular flexibility index (Phi) is 6.15. The number of pyridine rings is 1. The predicted molar refractivity (Wildman–Crippen MR) is 102 cm³/mol. The van der Waals surface area contributed by atoms with E-state index in [0.29, 0.717) is 30.1 Å². The highest BCUT2D eigenvalue weighted by Crippen LogP contribution is 2.17. The molecule has 1 N–H and O–H groups in total. The summed E-state index contributed by atoms with van der Waals surface area (Å²) in [7, 11) is 1.59. The second-order valence-corrected chi connectivity index (χ2v) is 6.62.